The molecule has 236 valence electrons. The normalized spacial score (nSPS) is 21.6. The number of nitrogens with two attached hydrogens (primary N) is 2. The van der Waals surface area contributed by atoms with E-state index >= 15 is 0 Å². The van der Waals surface area contributed by atoms with E-state index in [1.165, 1.54) is 24.8 Å². The number of hydrogen-bond acceptors (Lipinski definition) is 6. The van der Waals surface area contributed by atoms with Crippen LogP contribution in [0.1, 0.15) is 74.1 Å². The van der Waals surface area contributed by atoms with Gasteiger partial charge in [-0.2, -0.15) is 0 Å². The van der Waals surface area contributed by atoms with Gasteiger partial charge in [-0.05, 0) is 81.6 Å². The van der Waals surface area contributed by atoms with E-state index in [1.807, 2.05) is 33.8 Å². The molecule has 6 nitrogen and oxygen atoms in total. The van der Waals surface area contributed by atoms with Crippen molar-refractivity contribution in [1.82, 2.24) is 14.7 Å². The maximum absolute atomic E-state index is 14.7. The van der Waals surface area contributed by atoms with Gasteiger partial charge in [0.15, 0.2) is 0 Å². The van der Waals surface area contributed by atoms with Gasteiger partial charge in [0.25, 0.3) is 0 Å². The summed E-state index contributed by atoms with van der Waals surface area (Å²) in [5.74, 6) is 0.181. The van der Waals surface area contributed by atoms with Crippen molar-refractivity contribution in [3.8, 4) is 0 Å². The predicted molar refractivity (Wildman–Crippen MR) is 177 cm³/mol. The summed E-state index contributed by atoms with van der Waals surface area (Å²) in [4.78, 5) is 7.80. The summed E-state index contributed by atoms with van der Waals surface area (Å²) in [7, 11) is 0. The lowest BCUT2D eigenvalue weighted by molar-refractivity contribution is 0.0175. The molecular formula is C34H62FN5O. The van der Waals surface area contributed by atoms with Crippen LogP contribution >= 0.6 is 0 Å². The average molecular weight is 576 g/mol. The van der Waals surface area contributed by atoms with Gasteiger partial charge < -0.3 is 16.6 Å². The van der Waals surface area contributed by atoms with E-state index < -0.39 is 0 Å². The Bertz CT molecular complexity index is 870. The minimum atomic E-state index is -0.250. The van der Waals surface area contributed by atoms with Crippen molar-refractivity contribution >= 4 is 0 Å². The zero-order valence-corrected chi connectivity index (χ0v) is 27.3. The predicted octanol–water partition coefficient (Wildman–Crippen LogP) is 6.15. The standard InChI is InChI=1S/C31H51FN4.C2H6.CH5NO/c1-8-24(5)19-31(32)27(10-3)22-34-14-12-30(13-15-34)36-17-16-35(23-29(36)11-4)21-25(6)18-28(20-33)26(7)9-2;1-2;2-1-3/h8-9,18-20,26,29-30H,1-2,10-17,21-23,33H2,3-7H3;1-2H3;3H,1-2H2/b24-19-,25-18-,28-20+,31-27-;;. The van der Waals surface area contributed by atoms with Crippen molar-refractivity contribution in [3.63, 3.8) is 0 Å². The van der Waals surface area contributed by atoms with E-state index in [0.29, 0.717) is 12.1 Å². The van der Waals surface area contributed by atoms with E-state index in [2.05, 4.69) is 60.4 Å². The molecule has 0 aromatic carbocycles. The average Bonchev–Trinajstić information content (AvgIpc) is 2.99. The molecule has 2 atom stereocenters. The summed E-state index contributed by atoms with van der Waals surface area (Å²) in [5, 5.41) is 7.35. The van der Waals surface area contributed by atoms with E-state index in [-0.39, 0.29) is 18.5 Å². The van der Waals surface area contributed by atoms with Gasteiger partial charge in [0.1, 0.15) is 5.83 Å². The van der Waals surface area contributed by atoms with Crippen LogP contribution in [-0.2, 0) is 0 Å². The van der Waals surface area contributed by atoms with Gasteiger partial charge in [-0.1, -0.05) is 65.0 Å². The van der Waals surface area contributed by atoms with Crippen LogP contribution in [0.5, 0.6) is 0 Å². The topological polar surface area (TPSA) is 82.0 Å². The number of hydrogen-bond donors (Lipinski definition) is 3. The van der Waals surface area contributed by atoms with Gasteiger partial charge in [0, 0.05) is 50.7 Å². The third kappa shape index (κ3) is 14.1. The van der Waals surface area contributed by atoms with Crippen LogP contribution in [0.3, 0.4) is 0 Å². The molecule has 2 saturated heterocycles. The largest absolute Gasteiger partial charge is 0.404 e. The summed E-state index contributed by atoms with van der Waals surface area (Å²) < 4.78 is 14.7. The number of nitrogens with zero attached hydrogens (tertiary/aromatic N) is 3. The Morgan fingerprint density at radius 3 is 2.12 bits per heavy atom. The van der Waals surface area contributed by atoms with Crippen molar-refractivity contribution in [1.29, 1.82) is 0 Å². The van der Waals surface area contributed by atoms with Crippen LogP contribution in [-0.4, -0.2) is 84.4 Å². The summed E-state index contributed by atoms with van der Waals surface area (Å²) in [6.07, 6.45) is 13.5. The van der Waals surface area contributed by atoms with Crippen molar-refractivity contribution in [2.24, 2.45) is 17.4 Å². The van der Waals surface area contributed by atoms with E-state index in [4.69, 9.17) is 10.8 Å². The molecule has 0 aromatic rings. The molecule has 0 radical (unpaired) electrons. The molecule has 2 heterocycles. The molecule has 41 heavy (non-hydrogen) atoms. The van der Waals surface area contributed by atoms with Crippen molar-refractivity contribution in [2.75, 3.05) is 52.5 Å². The fourth-order valence-electron chi connectivity index (χ4n) is 5.47. The molecule has 2 aliphatic rings. The highest BCUT2D eigenvalue weighted by Crippen LogP contribution is 2.25. The smallest absolute Gasteiger partial charge is 0.123 e. The molecule has 0 aliphatic carbocycles. The number of piperidine rings is 1. The first-order valence-corrected chi connectivity index (χ1v) is 15.6. The van der Waals surface area contributed by atoms with Crippen molar-refractivity contribution in [2.45, 2.75) is 86.2 Å². The molecular weight excluding hydrogens is 513 g/mol. The van der Waals surface area contributed by atoms with Gasteiger partial charge in [0.2, 0.25) is 0 Å². The molecule has 2 unspecified atom stereocenters. The zero-order chi connectivity index (χ0) is 31.4. The molecule has 0 bridgehead atoms. The highest BCUT2D eigenvalue weighted by Gasteiger charge is 2.33. The van der Waals surface area contributed by atoms with Crippen molar-refractivity contribution in [3.05, 3.63) is 71.8 Å². The summed E-state index contributed by atoms with van der Waals surface area (Å²) >= 11 is 0. The summed E-state index contributed by atoms with van der Waals surface area (Å²) in [5.41, 5.74) is 14.5. The van der Waals surface area contributed by atoms with Crippen LogP contribution in [0.25, 0.3) is 0 Å². The first-order chi connectivity index (χ1) is 19.7. The Kier molecular flexibility index (Phi) is 21.4. The number of rotatable bonds is 12. The number of piperazine rings is 1. The first-order valence-electron chi connectivity index (χ1n) is 15.6. The zero-order valence-electron chi connectivity index (χ0n) is 27.3. The number of aliphatic hydroxyl groups excluding tert-OH is 1. The van der Waals surface area contributed by atoms with Gasteiger partial charge in [0.05, 0.1) is 6.73 Å². The lowest BCUT2D eigenvalue weighted by Crippen LogP contribution is -2.58. The van der Waals surface area contributed by atoms with Gasteiger partial charge >= 0.3 is 0 Å². The van der Waals surface area contributed by atoms with Gasteiger partial charge in [-0.25, -0.2) is 4.39 Å². The third-order valence-corrected chi connectivity index (χ3v) is 7.92. The van der Waals surface area contributed by atoms with Crippen molar-refractivity contribution < 1.29 is 9.50 Å². The van der Waals surface area contributed by atoms with Gasteiger partial charge in [-0.3, -0.25) is 14.7 Å². The Balaban J connectivity index is 0.00000299. The highest BCUT2D eigenvalue weighted by atomic mass is 19.1. The second-order valence-electron chi connectivity index (χ2n) is 10.8. The fraction of sp³-hybridized carbons (Fsp3) is 0.647. The maximum Gasteiger partial charge on any atom is 0.123 e. The molecule has 0 aromatic heterocycles. The first kappa shape index (κ1) is 39.0. The molecule has 0 saturated carbocycles. The molecule has 0 spiro atoms. The monoisotopic (exact) mass is 575 g/mol. The third-order valence-electron chi connectivity index (χ3n) is 7.92. The van der Waals surface area contributed by atoms with Crippen LogP contribution < -0.4 is 11.5 Å². The number of halogens is 1. The summed E-state index contributed by atoms with van der Waals surface area (Å²) in [6.45, 7) is 29.1. The lowest BCUT2D eigenvalue weighted by atomic mass is 9.97. The SMILES string of the molecule is C=C/C(C)=C\C(F)=C(/CC)CN1CCC(N2CCN(C/C(C)=C\C(=C/N)C(C)C=C)CC2CC)CC1.CC.NCO. The maximum atomic E-state index is 14.7. The van der Waals surface area contributed by atoms with E-state index in [9.17, 15) is 4.39 Å². The van der Waals surface area contributed by atoms with Crippen LogP contribution in [0.15, 0.2) is 71.8 Å². The molecule has 2 rings (SSSR count). The van der Waals surface area contributed by atoms with E-state index in [1.54, 1.807) is 18.4 Å². The van der Waals surface area contributed by atoms with Gasteiger partial charge in [-0.15, -0.1) is 6.58 Å². The second-order valence-corrected chi connectivity index (χ2v) is 10.8. The van der Waals surface area contributed by atoms with Crippen LogP contribution in [0.2, 0.25) is 0 Å². The Morgan fingerprint density at radius 2 is 1.63 bits per heavy atom. The number of aliphatic hydroxyl groups is 1. The Labute approximate surface area is 252 Å². The summed E-state index contributed by atoms with van der Waals surface area (Å²) in [6, 6.07) is 1.22. The minimum Gasteiger partial charge on any atom is -0.404 e. The van der Waals surface area contributed by atoms with Crippen LogP contribution in [0.4, 0.5) is 4.39 Å². The molecule has 5 N–H and O–H groups in total. The quantitative estimate of drug-likeness (QED) is 0.147. The number of allylic oxidation sites excluding steroid dienone is 7. The Hall–Kier alpha value is -2.03. The minimum absolute atomic E-state index is 0.0865. The number of likely N-dealkylation sites (tertiary alicyclic amines) is 1. The molecule has 2 fully saturated rings. The van der Waals surface area contributed by atoms with Crippen LogP contribution in [0, 0.1) is 5.92 Å². The second kappa shape index (κ2) is 22.6. The lowest BCUT2D eigenvalue weighted by Gasteiger charge is -2.47. The fourth-order valence-corrected chi connectivity index (χ4v) is 5.47. The molecule has 2 aliphatic heterocycles. The molecule has 0 amide bonds. The van der Waals surface area contributed by atoms with E-state index in [0.717, 1.165) is 69.0 Å². The highest BCUT2D eigenvalue weighted by molar-refractivity contribution is 5.28. The molecule has 7 heteroatoms. The Morgan fingerprint density at radius 1 is 1.02 bits per heavy atom.